The highest BCUT2D eigenvalue weighted by Crippen LogP contribution is 2.18. The van der Waals surface area contributed by atoms with Crippen molar-refractivity contribution in [3.8, 4) is 0 Å². The summed E-state index contributed by atoms with van der Waals surface area (Å²) in [5.41, 5.74) is 0. The van der Waals surface area contributed by atoms with Crippen LogP contribution in [0.5, 0.6) is 0 Å². The van der Waals surface area contributed by atoms with Gasteiger partial charge in [-0.2, -0.15) is 0 Å². The van der Waals surface area contributed by atoms with Crippen LogP contribution in [-0.2, 0) is 14.3 Å². The Labute approximate surface area is 301 Å². The number of hydrogen-bond donors (Lipinski definition) is 5. The number of amides is 1. The molecular weight excluding hydrogens is 618 g/mol. The molecule has 0 saturated carbocycles. The van der Waals surface area contributed by atoms with Crippen LogP contribution in [0, 0.1) is 0 Å². The first kappa shape index (κ1) is 46.0. The van der Waals surface area contributed by atoms with Gasteiger partial charge in [0.05, 0.1) is 25.4 Å². The quantitative estimate of drug-likeness (QED) is 0.0336. The minimum Gasteiger partial charge on any atom is -0.388 e. The van der Waals surface area contributed by atoms with Gasteiger partial charge in [0.25, 0.3) is 0 Å². The summed E-state index contributed by atoms with van der Waals surface area (Å²) in [4.78, 5) is 12.8. The maximum absolute atomic E-state index is 12.8. The van der Waals surface area contributed by atoms with Crippen LogP contribution in [-0.4, -0.2) is 76.3 Å². The Morgan fingerprint density at radius 3 is 1.57 bits per heavy atom. The lowest BCUT2D eigenvalue weighted by Gasteiger charge is -2.35. The average molecular weight is 698 g/mol. The van der Waals surface area contributed by atoms with E-state index in [2.05, 4.69) is 19.2 Å². The third-order valence-corrected chi connectivity index (χ3v) is 9.97. The average Bonchev–Trinajstić information content (AvgIpc) is 3.09. The number of carbonyl (C=O) groups excluding carboxylic acids is 1. The summed E-state index contributed by atoms with van der Waals surface area (Å²) in [6.07, 6.45) is 32.0. The Morgan fingerprint density at radius 2 is 1.10 bits per heavy atom. The Bertz CT molecular complexity index is 766. The van der Waals surface area contributed by atoms with E-state index in [-0.39, 0.29) is 19.1 Å². The number of unbranched alkanes of at least 4 members (excludes halogenated alkanes) is 25. The molecule has 0 aromatic carbocycles. The first-order valence-electron chi connectivity index (χ1n) is 20.8. The molecule has 5 N–H and O–H groups in total. The second kappa shape index (κ2) is 32.8. The molecule has 1 heterocycles. The van der Waals surface area contributed by atoms with Crippen molar-refractivity contribution >= 4 is 5.91 Å². The molecule has 1 amide bonds. The van der Waals surface area contributed by atoms with Gasteiger partial charge in [-0.05, 0) is 19.3 Å². The lowest BCUT2D eigenvalue weighted by atomic mass is 10.0. The highest BCUT2D eigenvalue weighted by atomic mass is 16.7. The van der Waals surface area contributed by atoms with Crippen molar-refractivity contribution in [2.24, 2.45) is 0 Å². The zero-order chi connectivity index (χ0) is 35.8. The highest BCUT2D eigenvalue weighted by molar-refractivity contribution is 5.76. The third-order valence-electron chi connectivity index (χ3n) is 9.97. The molecule has 0 aliphatic carbocycles. The van der Waals surface area contributed by atoms with Gasteiger partial charge in [-0.25, -0.2) is 0 Å². The number of carbonyl (C=O) groups is 1. The fourth-order valence-corrected chi connectivity index (χ4v) is 6.58. The maximum atomic E-state index is 12.8. The van der Waals surface area contributed by atoms with Crippen molar-refractivity contribution in [3.63, 3.8) is 0 Å². The maximum Gasteiger partial charge on any atom is 0.220 e. The number of ether oxygens (including phenoxy) is 2. The first-order chi connectivity index (χ1) is 23.9. The number of allylic oxidation sites excluding steroid dienone is 1. The number of rotatable bonds is 34. The van der Waals surface area contributed by atoms with Gasteiger partial charge < -0.3 is 35.2 Å². The second-order valence-corrected chi connectivity index (χ2v) is 14.7. The Kier molecular flexibility index (Phi) is 30.8. The highest BCUT2D eigenvalue weighted by Gasteiger charge is 2.38. The van der Waals surface area contributed by atoms with E-state index in [1.807, 2.05) is 6.08 Å². The van der Waals surface area contributed by atoms with Crippen LogP contribution in [0.25, 0.3) is 0 Å². The third kappa shape index (κ3) is 25.6. The number of hydrogen-bond acceptors (Lipinski definition) is 7. The van der Waals surface area contributed by atoms with Crippen molar-refractivity contribution in [2.75, 3.05) is 13.2 Å². The smallest absolute Gasteiger partial charge is 0.220 e. The molecule has 1 saturated heterocycles. The van der Waals surface area contributed by atoms with Crippen LogP contribution >= 0.6 is 0 Å². The van der Waals surface area contributed by atoms with E-state index in [0.717, 1.165) is 32.1 Å². The van der Waals surface area contributed by atoms with E-state index in [9.17, 15) is 25.2 Å². The first-order valence-corrected chi connectivity index (χ1v) is 20.8. The lowest BCUT2D eigenvalue weighted by molar-refractivity contribution is -0.271. The summed E-state index contributed by atoms with van der Waals surface area (Å²) in [7, 11) is 0. The molecule has 290 valence electrons. The summed E-state index contributed by atoms with van der Waals surface area (Å²) in [6, 6.07) is -0.725. The molecule has 0 aromatic rings. The van der Waals surface area contributed by atoms with E-state index in [1.165, 1.54) is 141 Å². The molecule has 6 atom stereocenters. The van der Waals surface area contributed by atoms with Crippen molar-refractivity contribution in [2.45, 2.75) is 230 Å². The van der Waals surface area contributed by atoms with Crippen LogP contribution in [0.2, 0.25) is 0 Å². The Hall–Kier alpha value is -1.03. The van der Waals surface area contributed by atoms with Crippen molar-refractivity contribution in [3.05, 3.63) is 12.2 Å². The minimum atomic E-state index is -1.42. The van der Waals surface area contributed by atoms with Crippen LogP contribution in [0.3, 0.4) is 0 Å². The molecule has 1 rings (SSSR count). The molecule has 0 aromatic heterocycles. The fourth-order valence-electron chi connectivity index (χ4n) is 6.58. The number of nitrogens with one attached hydrogen (secondary N) is 1. The molecule has 8 nitrogen and oxygen atoms in total. The van der Waals surface area contributed by atoms with Crippen LogP contribution < -0.4 is 5.32 Å². The predicted octanol–water partition coefficient (Wildman–Crippen LogP) is 8.81. The van der Waals surface area contributed by atoms with Crippen molar-refractivity contribution < 1.29 is 34.7 Å². The van der Waals surface area contributed by atoms with Crippen molar-refractivity contribution in [1.29, 1.82) is 0 Å². The summed E-state index contributed by atoms with van der Waals surface area (Å²) >= 11 is 0. The van der Waals surface area contributed by atoms with Gasteiger partial charge in [-0.1, -0.05) is 180 Å². The summed E-state index contributed by atoms with van der Waals surface area (Å²) in [5.74, 6) is -0.137. The molecular formula is C41H79NO7. The number of aliphatic hydroxyl groups excluding tert-OH is 4. The Morgan fingerprint density at radius 1 is 0.673 bits per heavy atom. The van der Waals surface area contributed by atoms with Gasteiger partial charge in [-0.3, -0.25) is 4.79 Å². The fraction of sp³-hybridized carbons (Fsp3) is 0.927. The number of aliphatic hydroxyl groups is 4. The molecule has 49 heavy (non-hydrogen) atoms. The van der Waals surface area contributed by atoms with Gasteiger partial charge in [0.2, 0.25) is 5.91 Å². The van der Waals surface area contributed by atoms with E-state index < -0.39 is 36.7 Å². The zero-order valence-electron chi connectivity index (χ0n) is 31.8. The Balaban J connectivity index is 2.30. The monoisotopic (exact) mass is 698 g/mol. The SMILES string of the molecule is CCCCCCCCCCCCC/C=C/[C@@H](O)[C@H](CO[C@@H]1OC[C@@H](O)[C@H](O)[C@H]1O)NC(=O)CCCCCCCCCCCCCCCCC. The molecule has 0 radical (unpaired) electrons. The largest absolute Gasteiger partial charge is 0.388 e. The molecule has 0 bridgehead atoms. The van der Waals surface area contributed by atoms with Gasteiger partial charge in [0.15, 0.2) is 6.29 Å². The van der Waals surface area contributed by atoms with Crippen molar-refractivity contribution in [1.82, 2.24) is 5.32 Å². The van der Waals surface area contributed by atoms with Crippen LogP contribution in [0.15, 0.2) is 12.2 Å². The molecule has 8 heteroatoms. The predicted molar refractivity (Wildman–Crippen MR) is 201 cm³/mol. The summed E-state index contributed by atoms with van der Waals surface area (Å²) < 4.78 is 11.1. The molecule has 1 aliphatic rings. The molecule has 1 fully saturated rings. The summed E-state index contributed by atoms with van der Waals surface area (Å²) in [6.45, 7) is 4.25. The molecule has 0 unspecified atom stereocenters. The van der Waals surface area contributed by atoms with E-state index in [1.54, 1.807) is 6.08 Å². The molecule has 1 aliphatic heterocycles. The van der Waals surface area contributed by atoms with Gasteiger partial charge in [0.1, 0.15) is 18.3 Å². The van der Waals surface area contributed by atoms with Gasteiger partial charge in [0, 0.05) is 6.42 Å². The van der Waals surface area contributed by atoms with Crippen LogP contribution in [0.4, 0.5) is 0 Å². The topological polar surface area (TPSA) is 128 Å². The zero-order valence-corrected chi connectivity index (χ0v) is 31.8. The van der Waals surface area contributed by atoms with E-state index >= 15 is 0 Å². The van der Waals surface area contributed by atoms with E-state index in [0.29, 0.717) is 6.42 Å². The normalized spacial score (nSPS) is 20.9. The summed E-state index contributed by atoms with van der Waals surface area (Å²) in [5, 5.41) is 43.9. The lowest BCUT2D eigenvalue weighted by Crippen LogP contribution is -2.55. The second-order valence-electron chi connectivity index (χ2n) is 14.7. The molecule has 0 spiro atoms. The van der Waals surface area contributed by atoms with Gasteiger partial charge in [-0.15, -0.1) is 0 Å². The van der Waals surface area contributed by atoms with Crippen LogP contribution in [0.1, 0.15) is 194 Å². The van der Waals surface area contributed by atoms with E-state index in [4.69, 9.17) is 9.47 Å². The minimum absolute atomic E-state index is 0.0981. The van der Waals surface area contributed by atoms with Gasteiger partial charge >= 0.3 is 0 Å². The standard InChI is InChI=1S/C41H79NO7/c1-3-5-7-9-11-13-15-17-18-20-22-24-26-28-30-32-38(45)42-35(33-48-41-40(47)39(46)37(44)34-49-41)36(43)31-29-27-25-23-21-19-16-14-12-10-8-6-4-2/h29,31,35-37,39-41,43-44,46-47H,3-28,30,32-34H2,1-2H3,(H,42,45)/b31-29+/t35-,36+,37+,39-,40+,41+/m0/s1.